The number of nitrogens with zero attached hydrogens (tertiary/aromatic N) is 3. The van der Waals surface area contributed by atoms with Crippen LogP contribution < -0.4 is 0 Å². The number of carboxylic acids is 1. The highest BCUT2D eigenvalue weighted by molar-refractivity contribution is 7.13. The highest BCUT2D eigenvalue weighted by Gasteiger charge is 2.23. The minimum atomic E-state index is -0.876. The van der Waals surface area contributed by atoms with E-state index >= 15 is 0 Å². The first-order chi connectivity index (χ1) is 13.5. The number of carbonyl (C=O) groups is 1. The van der Waals surface area contributed by atoms with Crippen molar-refractivity contribution in [1.29, 1.82) is 0 Å². The van der Waals surface area contributed by atoms with Crippen molar-refractivity contribution in [2.24, 2.45) is 5.92 Å². The predicted molar refractivity (Wildman–Crippen MR) is 112 cm³/mol. The molecule has 1 aliphatic rings. The zero-order valence-corrected chi connectivity index (χ0v) is 17.1. The van der Waals surface area contributed by atoms with E-state index in [-0.39, 0.29) is 0 Å². The number of aromatic carboxylic acids is 1. The molecule has 1 N–H and O–H groups in total. The maximum Gasteiger partial charge on any atom is 0.337 e. The molecule has 0 atom stereocenters. The molecule has 1 saturated carbocycles. The van der Waals surface area contributed by atoms with E-state index in [1.54, 1.807) is 17.4 Å². The van der Waals surface area contributed by atoms with Gasteiger partial charge in [0.25, 0.3) is 0 Å². The lowest BCUT2D eigenvalue weighted by molar-refractivity contribution is 0.0696. The number of aromatic nitrogens is 3. The third-order valence-corrected chi connectivity index (χ3v) is 6.58. The Labute approximate surface area is 169 Å². The summed E-state index contributed by atoms with van der Waals surface area (Å²) in [5.74, 6) is -0.265. The number of hydrogen-bond acceptors (Lipinski definition) is 4. The summed E-state index contributed by atoms with van der Waals surface area (Å²) in [6.07, 6.45) is 8.13. The summed E-state index contributed by atoms with van der Waals surface area (Å²) in [5.41, 5.74) is 4.90. The number of thiazole rings is 1. The van der Waals surface area contributed by atoms with Crippen molar-refractivity contribution in [2.75, 3.05) is 0 Å². The Morgan fingerprint density at radius 1 is 1.25 bits per heavy atom. The lowest BCUT2D eigenvalue weighted by Crippen LogP contribution is -2.16. The Morgan fingerprint density at radius 2 is 2.04 bits per heavy atom. The van der Waals surface area contributed by atoms with Gasteiger partial charge in [-0.25, -0.2) is 9.78 Å². The van der Waals surface area contributed by atoms with Crippen molar-refractivity contribution in [1.82, 2.24) is 14.5 Å². The van der Waals surface area contributed by atoms with E-state index in [1.807, 2.05) is 37.6 Å². The fraction of sp³-hybridized carbons (Fsp3) is 0.409. The Hall–Kier alpha value is -2.47. The first kappa shape index (κ1) is 18.9. The third kappa shape index (κ3) is 3.74. The lowest BCUT2D eigenvalue weighted by Gasteiger charge is -2.24. The maximum absolute atomic E-state index is 11.7. The minimum absolute atomic E-state index is 0.373. The minimum Gasteiger partial charge on any atom is -0.478 e. The number of carboxylic acid groups (broad SMARTS) is 1. The average Bonchev–Trinajstić information content (AvgIpc) is 3.29. The van der Waals surface area contributed by atoms with Crippen molar-refractivity contribution in [3.8, 4) is 22.0 Å². The molecule has 3 aromatic rings. The standard InChI is InChI=1S/C22H25N3O2S/c1-14-8-9-17(11-23-14)21-24-19(13-28-21)20-10-18(22(26)27)15(2)25(20)12-16-6-4-3-5-7-16/h8-11,13,16H,3-7,12H2,1-2H3,(H,26,27). The van der Waals surface area contributed by atoms with E-state index in [1.165, 1.54) is 32.1 Å². The van der Waals surface area contributed by atoms with Crippen LogP contribution >= 0.6 is 11.3 Å². The van der Waals surface area contributed by atoms with Crippen LogP contribution in [0.3, 0.4) is 0 Å². The van der Waals surface area contributed by atoms with Crippen LogP contribution in [-0.4, -0.2) is 25.6 Å². The van der Waals surface area contributed by atoms with E-state index in [9.17, 15) is 9.90 Å². The molecule has 1 aliphatic carbocycles. The Bertz CT molecular complexity index is 982. The van der Waals surface area contributed by atoms with Crippen molar-refractivity contribution in [2.45, 2.75) is 52.5 Å². The van der Waals surface area contributed by atoms with Crippen LogP contribution in [0.4, 0.5) is 0 Å². The van der Waals surface area contributed by atoms with E-state index in [0.29, 0.717) is 11.5 Å². The molecule has 0 bridgehead atoms. The summed E-state index contributed by atoms with van der Waals surface area (Å²) in [7, 11) is 0. The monoisotopic (exact) mass is 395 g/mol. The van der Waals surface area contributed by atoms with Crippen LogP contribution in [0, 0.1) is 19.8 Å². The molecule has 5 nitrogen and oxygen atoms in total. The van der Waals surface area contributed by atoms with Gasteiger partial charge >= 0.3 is 5.97 Å². The van der Waals surface area contributed by atoms with Crippen LogP contribution in [-0.2, 0) is 6.54 Å². The quantitative estimate of drug-likeness (QED) is 0.613. The van der Waals surface area contributed by atoms with Gasteiger partial charge in [-0.3, -0.25) is 4.98 Å². The van der Waals surface area contributed by atoms with Crippen molar-refractivity contribution >= 4 is 17.3 Å². The number of pyridine rings is 1. The normalized spacial score (nSPS) is 15.1. The molecule has 146 valence electrons. The molecule has 3 heterocycles. The Kier molecular flexibility index (Phi) is 5.31. The largest absolute Gasteiger partial charge is 0.478 e. The molecule has 0 aliphatic heterocycles. The van der Waals surface area contributed by atoms with Gasteiger partial charge < -0.3 is 9.67 Å². The zero-order valence-electron chi connectivity index (χ0n) is 16.3. The van der Waals surface area contributed by atoms with Gasteiger partial charge in [0, 0.05) is 35.1 Å². The van der Waals surface area contributed by atoms with E-state index in [4.69, 9.17) is 4.98 Å². The van der Waals surface area contributed by atoms with Gasteiger partial charge in [-0.15, -0.1) is 11.3 Å². The van der Waals surface area contributed by atoms with Gasteiger partial charge in [0.1, 0.15) is 5.01 Å². The Balaban J connectivity index is 1.71. The van der Waals surface area contributed by atoms with Gasteiger partial charge in [-0.05, 0) is 50.8 Å². The van der Waals surface area contributed by atoms with Crippen LogP contribution in [0.2, 0.25) is 0 Å². The summed E-state index contributed by atoms with van der Waals surface area (Å²) in [6.45, 7) is 4.74. The highest BCUT2D eigenvalue weighted by atomic mass is 32.1. The Morgan fingerprint density at radius 3 is 2.71 bits per heavy atom. The van der Waals surface area contributed by atoms with E-state index in [0.717, 1.165) is 39.9 Å². The summed E-state index contributed by atoms with van der Waals surface area (Å²) in [4.78, 5) is 20.9. The van der Waals surface area contributed by atoms with Crippen LogP contribution in [0.5, 0.6) is 0 Å². The molecule has 0 unspecified atom stereocenters. The molecule has 1 fully saturated rings. The molecule has 3 aromatic heterocycles. The van der Waals surface area contributed by atoms with Crippen LogP contribution in [0.25, 0.3) is 22.0 Å². The first-order valence-corrected chi connectivity index (χ1v) is 10.7. The zero-order chi connectivity index (χ0) is 19.7. The topological polar surface area (TPSA) is 68.0 Å². The summed E-state index contributed by atoms with van der Waals surface area (Å²) < 4.78 is 2.17. The van der Waals surface area contributed by atoms with Crippen LogP contribution in [0.15, 0.2) is 29.8 Å². The summed E-state index contributed by atoms with van der Waals surface area (Å²) >= 11 is 1.57. The smallest absolute Gasteiger partial charge is 0.337 e. The molecule has 4 rings (SSSR count). The second-order valence-electron chi connectivity index (χ2n) is 7.67. The molecular formula is C22H25N3O2S. The third-order valence-electron chi connectivity index (χ3n) is 5.69. The van der Waals surface area contributed by atoms with Gasteiger partial charge in [0.2, 0.25) is 0 Å². The fourth-order valence-corrected chi connectivity index (χ4v) is 4.86. The highest BCUT2D eigenvalue weighted by Crippen LogP contribution is 2.33. The van der Waals surface area contributed by atoms with Gasteiger partial charge in [-0.2, -0.15) is 0 Å². The van der Waals surface area contributed by atoms with Crippen LogP contribution in [0.1, 0.15) is 53.8 Å². The van der Waals surface area contributed by atoms with Gasteiger partial charge in [0.05, 0.1) is 17.0 Å². The van der Waals surface area contributed by atoms with Crippen molar-refractivity contribution < 1.29 is 9.90 Å². The lowest BCUT2D eigenvalue weighted by atomic mass is 9.89. The molecule has 28 heavy (non-hydrogen) atoms. The van der Waals surface area contributed by atoms with Gasteiger partial charge in [-0.1, -0.05) is 19.3 Å². The summed E-state index contributed by atoms with van der Waals surface area (Å²) in [6, 6.07) is 5.79. The molecule has 0 spiro atoms. The molecule has 0 radical (unpaired) electrons. The second kappa shape index (κ2) is 7.87. The van der Waals surface area contributed by atoms with E-state index in [2.05, 4.69) is 9.55 Å². The van der Waals surface area contributed by atoms with Crippen molar-refractivity contribution in [3.63, 3.8) is 0 Å². The second-order valence-corrected chi connectivity index (χ2v) is 8.53. The molecule has 0 saturated heterocycles. The van der Waals surface area contributed by atoms with E-state index < -0.39 is 5.97 Å². The van der Waals surface area contributed by atoms with Gasteiger partial charge in [0.15, 0.2) is 0 Å². The molecule has 0 aromatic carbocycles. The molecule has 6 heteroatoms. The average molecular weight is 396 g/mol. The van der Waals surface area contributed by atoms with Crippen molar-refractivity contribution in [3.05, 3.63) is 46.7 Å². The first-order valence-electron chi connectivity index (χ1n) is 9.85. The summed E-state index contributed by atoms with van der Waals surface area (Å²) in [5, 5.41) is 12.6. The fourth-order valence-electron chi connectivity index (χ4n) is 4.06. The molecular weight excluding hydrogens is 370 g/mol. The molecule has 0 amide bonds. The number of aryl methyl sites for hydroxylation is 1. The number of hydrogen-bond donors (Lipinski definition) is 1. The number of rotatable bonds is 5. The predicted octanol–water partition coefficient (Wildman–Crippen LogP) is 5.57. The SMILES string of the molecule is Cc1ccc(-c2nc(-c3cc(C(=O)O)c(C)n3CC3CCCCC3)cs2)cn1. The maximum atomic E-state index is 11.7.